The van der Waals surface area contributed by atoms with Crippen LogP contribution in [0.15, 0.2) is 48.5 Å². The van der Waals surface area contributed by atoms with Gasteiger partial charge in [0.25, 0.3) is 0 Å². The van der Waals surface area contributed by atoms with Crippen molar-refractivity contribution in [2.24, 2.45) is 5.92 Å². The first-order chi connectivity index (χ1) is 19.8. The minimum atomic E-state index is -4.46. The van der Waals surface area contributed by atoms with Crippen LogP contribution >= 0.6 is 0 Å². The standard InChI is InChI=1S/C31H38F4N2O5/c1-30(2,3)42-29(39)37(18-21-7-11-24(32)12-8-21)25-13-9-22(10-14-25)28(38)36-15-16-40-27(19-36)20-41-26-6-4-5-23(17-26)31(33,34)35/h4-8,11-12,17,22,25,27H,9-10,13-16,18-20H2,1-3H3/t22?,25?,27-/m0/s1. The molecular formula is C31H38F4N2O5. The summed E-state index contributed by atoms with van der Waals surface area (Å²) in [6.07, 6.45) is -2.96. The van der Waals surface area contributed by atoms with Crippen molar-refractivity contribution in [3.8, 4) is 5.75 Å². The van der Waals surface area contributed by atoms with Crippen molar-refractivity contribution >= 4 is 12.0 Å². The molecule has 1 aliphatic heterocycles. The first-order valence-corrected chi connectivity index (χ1v) is 14.2. The third-order valence-corrected chi connectivity index (χ3v) is 7.43. The zero-order valence-electron chi connectivity index (χ0n) is 24.2. The average Bonchev–Trinajstić information content (AvgIpc) is 2.94. The Morgan fingerprint density at radius 1 is 1.02 bits per heavy atom. The molecule has 2 fully saturated rings. The Morgan fingerprint density at radius 2 is 1.71 bits per heavy atom. The fourth-order valence-corrected chi connectivity index (χ4v) is 5.31. The van der Waals surface area contributed by atoms with Crippen LogP contribution in [0.25, 0.3) is 0 Å². The van der Waals surface area contributed by atoms with E-state index in [0.717, 1.165) is 17.7 Å². The second-order valence-electron chi connectivity index (χ2n) is 11.9. The summed E-state index contributed by atoms with van der Waals surface area (Å²) in [6.45, 7) is 6.72. The predicted octanol–water partition coefficient (Wildman–Crippen LogP) is 6.45. The molecule has 1 aliphatic carbocycles. The molecule has 42 heavy (non-hydrogen) atoms. The van der Waals surface area contributed by atoms with E-state index in [0.29, 0.717) is 38.8 Å². The maximum atomic E-state index is 13.4. The summed E-state index contributed by atoms with van der Waals surface area (Å²) in [4.78, 5) is 30.0. The quantitative estimate of drug-likeness (QED) is 0.345. The molecular weight excluding hydrogens is 556 g/mol. The average molecular weight is 595 g/mol. The highest BCUT2D eigenvalue weighted by atomic mass is 19.4. The summed E-state index contributed by atoms with van der Waals surface area (Å²) >= 11 is 0. The zero-order valence-corrected chi connectivity index (χ0v) is 24.2. The van der Waals surface area contributed by atoms with Crippen LogP contribution in [0.1, 0.15) is 57.6 Å². The third-order valence-electron chi connectivity index (χ3n) is 7.43. The second kappa shape index (κ2) is 13.3. The number of benzene rings is 2. The molecule has 1 atom stereocenters. The van der Waals surface area contributed by atoms with E-state index in [4.69, 9.17) is 14.2 Å². The van der Waals surface area contributed by atoms with Crippen molar-refractivity contribution in [2.45, 2.75) is 76.9 Å². The molecule has 4 rings (SSSR count). The number of hydrogen-bond donors (Lipinski definition) is 0. The summed E-state index contributed by atoms with van der Waals surface area (Å²) in [6, 6.07) is 10.5. The van der Waals surface area contributed by atoms with Crippen molar-refractivity contribution in [2.75, 3.05) is 26.3 Å². The van der Waals surface area contributed by atoms with Crippen LogP contribution in [-0.4, -0.2) is 65.9 Å². The van der Waals surface area contributed by atoms with Gasteiger partial charge >= 0.3 is 12.3 Å². The number of alkyl halides is 3. The van der Waals surface area contributed by atoms with E-state index >= 15 is 0 Å². The summed E-state index contributed by atoms with van der Waals surface area (Å²) in [5, 5.41) is 0. The molecule has 0 unspecified atom stereocenters. The lowest BCUT2D eigenvalue weighted by atomic mass is 9.84. The number of morpholine rings is 1. The Labute approximate surface area is 243 Å². The molecule has 2 aromatic carbocycles. The molecule has 0 spiro atoms. The number of ether oxygens (including phenoxy) is 3. The van der Waals surface area contributed by atoms with Crippen LogP contribution in [0, 0.1) is 11.7 Å². The first kappa shape index (κ1) is 31.6. The number of hydrogen-bond acceptors (Lipinski definition) is 5. The molecule has 2 aromatic rings. The van der Waals surface area contributed by atoms with Gasteiger partial charge in [-0.25, -0.2) is 9.18 Å². The van der Waals surface area contributed by atoms with E-state index in [1.807, 2.05) is 0 Å². The molecule has 1 saturated heterocycles. The van der Waals surface area contributed by atoms with E-state index in [9.17, 15) is 27.2 Å². The highest BCUT2D eigenvalue weighted by Gasteiger charge is 2.36. The van der Waals surface area contributed by atoms with Gasteiger partial charge in [-0.1, -0.05) is 18.2 Å². The van der Waals surface area contributed by atoms with E-state index in [1.54, 1.807) is 42.7 Å². The van der Waals surface area contributed by atoms with Gasteiger partial charge in [-0.2, -0.15) is 13.2 Å². The molecule has 1 saturated carbocycles. The van der Waals surface area contributed by atoms with Gasteiger partial charge in [0.2, 0.25) is 5.91 Å². The van der Waals surface area contributed by atoms with Gasteiger partial charge in [0, 0.05) is 25.0 Å². The second-order valence-corrected chi connectivity index (χ2v) is 11.9. The van der Waals surface area contributed by atoms with Crippen LogP contribution in [0.4, 0.5) is 22.4 Å². The van der Waals surface area contributed by atoms with Gasteiger partial charge < -0.3 is 24.0 Å². The minimum absolute atomic E-state index is 0.00294. The van der Waals surface area contributed by atoms with Gasteiger partial charge in [-0.05, 0) is 82.3 Å². The maximum absolute atomic E-state index is 13.4. The van der Waals surface area contributed by atoms with Crippen molar-refractivity contribution in [1.82, 2.24) is 9.80 Å². The van der Waals surface area contributed by atoms with E-state index < -0.39 is 29.5 Å². The number of carbonyl (C=O) groups excluding carboxylic acids is 2. The van der Waals surface area contributed by atoms with Crippen LogP contribution < -0.4 is 4.74 Å². The fraction of sp³-hybridized carbons (Fsp3) is 0.548. The summed E-state index contributed by atoms with van der Waals surface area (Å²) in [5.74, 6) is -0.474. The number of nitrogens with zero attached hydrogens (tertiary/aromatic N) is 2. The molecule has 11 heteroatoms. The van der Waals surface area contributed by atoms with Crippen molar-refractivity contribution < 1.29 is 41.4 Å². The Hall–Kier alpha value is -3.34. The SMILES string of the molecule is CC(C)(C)OC(=O)N(Cc1ccc(F)cc1)C1CCC(C(=O)N2CCO[C@H](COc3cccc(C(F)(F)F)c3)C2)CC1. The largest absolute Gasteiger partial charge is 0.491 e. The Bertz CT molecular complexity index is 1210. The van der Waals surface area contributed by atoms with Crippen LogP contribution in [0.3, 0.4) is 0 Å². The maximum Gasteiger partial charge on any atom is 0.416 e. The zero-order chi connectivity index (χ0) is 30.5. The Kier molecular flexibility index (Phi) is 10.0. The topological polar surface area (TPSA) is 68.3 Å². The predicted molar refractivity (Wildman–Crippen MR) is 147 cm³/mol. The molecule has 0 aromatic heterocycles. The van der Waals surface area contributed by atoms with Gasteiger partial charge in [0.1, 0.15) is 29.9 Å². The summed E-state index contributed by atoms with van der Waals surface area (Å²) < 4.78 is 69.4. The van der Waals surface area contributed by atoms with Gasteiger partial charge in [-0.3, -0.25) is 4.79 Å². The molecule has 7 nitrogen and oxygen atoms in total. The minimum Gasteiger partial charge on any atom is -0.491 e. The fourth-order valence-electron chi connectivity index (χ4n) is 5.31. The lowest BCUT2D eigenvalue weighted by Gasteiger charge is -2.39. The number of carbonyl (C=O) groups is 2. The number of halogens is 4. The van der Waals surface area contributed by atoms with Gasteiger partial charge in [0.15, 0.2) is 0 Å². The summed E-state index contributed by atoms with van der Waals surface area (Å²) in [7, 11) is 0. The lowest BCUT2D eigenvalue weighted by molar-refractivity contribution is -0.145. The first-order valence-electron chi connectivity index (χ1n) is 14.2. The normalized spacial score (nSPS) is 21.5. The van der Waals surface area contributed by atoms with Crippen LogP contribution in [0.5, 0.6) is 5.75 Å². The Balaban J connectivity index is 1.32. The lowest BCUT2D eigenvalue weighted by Crippen LogP contribution is -2.51. The highest BCUT2D eigenvalue weighted by Crippen LogP contribution is 2.33. The van der Waals surface area contributed by atoms with E-state index in [-0.39, 0.29) is 49.1 Å². The monoisotopic (exact) mass is 594 g/mol. The third kappa shape index (κ3) is 8.83. The number of amides is 2. The molecule has 0 bridgehead atoms. The molecule has 2 aliphatic rings. The highest BCUT2D eigenvalue weighted by molar-refractivity contribution is 5.79. The van der Waals surface area contributed by atoms with E-state index in [2.05, 4.69) is 0 Å². The van der Waals surface area contributed by atoms with Crippen LogP contribution in [0.2, 0.25) is 0 Å². The van der Waals surface area contributed by atoms with Crippen molar-refractivity contribution in [3.63, 3.8) is 0 Å². The Morgan fingerprint density at radius 3 is 2.36 bits per heavy atom. The molecule has 0 N–H and O–H groups in total. The van der Waals surface area contributed by atoms with Crippen LogP contribution in [-0.2, 0) is 27.0 Å². The van der Waals surface area contributed by atoms with Gasteiger partial charge in [-0.15, -0.1) is 0 Å². The molecule has 0 radical (unpaired) electrons. The summed E-state index contributed by atoms with van der Waals surface area (Å²) in [5.41, 5.74) is -0.685. The smallest absolute Gasteiger partial charge is 0.416 e. The van der Waals surface area contributed by atoms with Crippen molar-refractivity contribution in [3.05, 3.63) is 65.5 Å². The molecule has 230 valence electrons. The number of rotatable bonds is 7. The molecule has 1 heterocycles. The van der Waals surface area contributed by atoms with E-state index in [1.165, 1.54) is 24.3 Å². The van der Waals surface area contributed by atoms with Crippen molar-refractivity contribution in [1.29, 1.82) is 0 Å². The molecule has 2 amide bonds. The van der Waals surface area contributed by atoms with Gasteiger partial charge in [0.05, 0.1) is 18.7 Å².